The number of ether oxygens (including phenoxy) is 2. The predicted molar refractivity (Wildman–Crippen MR) is 116 cm³/mol. The number of amides is 1. The molecular formula is C21H29N3O5S. The third-order valence-corrected chi connectivity index (χ3v) is 6.19. The molecule has 0 aliphatic heterocycles. The van der Waals surface area contributed by atoms with Crippen molar-refractivity contribution in [2.45, 2.75) is 11.4 Å². The molecule has 0 atom stereocenters. The van der Waals surface area contributed by atoms with Gasteiger partial charge in [0.05, 0.1) is 17.6 Å². The topological polar surface area (TPSA) is 88.2 Å². The zero-order chi connectivity index (χ0) is 22.3. The number of methoxy groups -OCH3 is 1. The maximum Gasteiger partial charge on any atom is 0.255 e. The summed E-state index contributed by atoms with van der Waals surface area (Å²) < 4.78 is 36.7. The smallest absolute Gasteiger partial charge is 0.255 e. The Balaban J connectivity index is 2.07. The van der Waals surface area contributed by atoms with Crippen LogP contribution in [0.2, 0.25) is 0 Å². The van der Waals surface area contributed by atoms with Gasteiger partial charge in [0.2, 0.25) is 10.0 Å². The molecule has 0 radical (unpaired) electrons. The van der Waals surface area contributed by atoms with Crippen LogP contribution in [0.3, 0.4) is 0 Å². The molecule has 0 unspecified atom stereocenters. The van der Waals surface area contributed by atoms with Gasteiger partial charge in [0.25, 0.3) is 5.91 Å². The van der Waals surface area contributed by atoms with Gasteiger partial charge in [-0.15, -0.1) is 0 Å². The molecule has 0 aliphatic rings. The second kappa shape index (κ2) is 10.4. The first-order chi connectivity index (χ1) is 14.1. The van der Waals surface area contributed by atoms with Gasteiger partial charge in [-0.25, -0.2) is 12.7 Å². The van der Waals surface area contributed by atoms with Gasteiger partial charge in [0.1, 0.15) is 18.1 Å². The van der Waals surface area contributed by atoms with Crippen LogP contribution in [-0.2, 0) is 16.6 Å². The Hall–Kier alpha value is -2.62. The van der Waals surface area contributed by atoms with Crippen molar-refractivity contribution in [1.82, 2.24) is 14.5 Å². The number of rotatable bonds is 10. The van der Waals surface area contributed by atoms with Crippen molar-refractivity contribution in [1.29, 1.82) is 0 Å². The van der Waals surface area contributed by atoms with E-state index in [-0.39, 0.29) is 17.0 Å². The van der Waals surface area contributed by atoms with Crippen molar-refractivity contribution in [3.8, 4) is 11.5 Å². The van der Waals surface area contributed by atoms with E-state index in [0.717, 1.165) is 22.2 Å². The molecule has 1 N–H and O–H groups in total. The first kappa shape index (κ1) is 23.7. The zero-order valence-electron chi connectivity index (χ0n) is 18.0. The maximum absolute atomic E-state index is 12.7. The highest BCUT2D eigenvalue weighted by atomic mass is 32.2. The molecule has 9 heteroatoms. The predicted octanol–water partition coefficient (Wildman–Crippen LogP) is 1.82. The van der Waals surface area contributed by atoms with Crippen molar-refractivity contribution in [3.63, 3.8) is 0 Å². The van der Waals surface area contributed by atoms with Gasteiger partial charge in [0, 0.05) is 27.2 Å². The Morgan fingerprint density at radius 1 is 1.03 bits per heavy atom. The molecule has 2 aromatic rings. The zero-order valence-corrected chi connectivity index (χ0v) is 18.8. The highest BCUT2D eigenvalue weighted by molar-refractivity contribution is 7.89. The summed E-state index contributed by atoms with van der Waals surface area (Å²) in [6.07, 6.45) is 0. The normalized spacial score (nSPS) is 11.6. The number of hydrogen-bond acceptors (Lipinski definition) is 6. The Morgan fingerprint density at radius 3 is 2.27 bits per heavy atom. The van der Waals surface area contributed by atoms with Crippen LogP contribution >= 0.6 is 0 Å². The number of nitrogens with one attached hydrogen (secondary N) is 1. The number of nitrogens with zero attached hydrogens (tertiary/aromatic N) is 2. The van der Waals surface area contributed by atoms with E-state index in [1.807, 2.05) is 43.3 Å². The molecule has 1 amide bonds. The first-order valence-corrected chi connectivity index (χ1v) is 10.8. The summed E-state index contributed by atoms with van der Waals surface area (Å²) in [6.45, 7) is 1.70. The SMILES string of the molecule is COc1ccc(S(=O)(=O)N(C)C)cc1C(=O)NCc1ccc(OCCN(C)C)cc1. The lowest BCUT2D eigenvalue weighted by Gasteiger charge is -2.15. The van der Waals surface area contributed by atoms with Crippen LogP contribution < -0.4 is 14.8 Å². The fourth-order valence-electron chi connectivity index (χ4n) is 2.56. The van der Waals surface area contributed by atoms with Crippen LogP contribution in [-0.4, -0.2) is 72.0 Å². The molecule has 0 aromatic heterocycles. The number of likely N-dealkylation sites (N-methyl/N-ethyl adjacent to an activating group) is 1. The van der Waals surface area contributed by atoms with Crippen molar-refractivity contribution >= 4 is 15.9 Å². The molecule has 2 aromatic carbocycles. The van der Waals surface area contributed by atoms with Crippen LogP contribution in [0.4, 0.5) is 0 Å². The van der Waals surface area contributed by atoms with E-state index in [0.29, 0.717) is 12.4 Å². The molecule has 8 nitrogen and oxygen atoms in total. The Labute approximate surface area is 178 Å². The Kier molecular flexibility index (Phi) is 8.22. The van der Waals surface area contributed by atoms with Crippen molar-refractivity contribution in [2.24, 2.45) is 0 Å². The summed E-state index contributed by atoms with van der Waals surface area (Å²) in [5.41, 5.74) is 1.04. The number of sulfonamides is 1. The molecule has 30 heavy (non-hydrogen) atoms. The standard InChI is InChI=1S/C21H29N3O5S/c1-23(2)12-13-29-17-8-6-16(7-9-17)15-22-21(25)19-14-18(10-11-20(19)28-5)30(26,27)24(3)4/h6-11,14H,12-13,15H2,1-5H3,(H,22,25). The van der Waals surface area contributed by atoms with E-state index in [1.165, 1.54) is 39.4 Å². The minimum Gasteiger partial charge on any atom is -0.496 e. The van der Waals surface area contributed by atoms with E-state index in [2.05, 4.69) is 5.32 Å². The van der Waals surface area contributed by atoms with Gasteiger partial charge in [-0.2, -0.15) is 0 Å². The lowest BCUT2D eigenvalue weighted by molar-refractivity contribution is 0.0947. The number of benzene rings is 2. The highest BCUT2D eigenvalue weighted by Crippen LogP contribution is 2.24. The van der Waals surface area contributed by atoms with E-state index in [9.17, 15) is 13.2 Å². The fourth-order valence-corrected chi connectivity index (χ4v) is 3.49. The molecule has 0 heterocycles. The molecular weight excluding hydrogens is 406 g/mol. The van der Waals surface area contributed by atoms with Crippen LogP contribution in [0.5, 0.6) is 11.5 Å². The largest absolute Gasteiger partial charge is 0.496 e. The first-order valence-electron chi connectivity index (χ1n) is 9.40. The maximum atomic E-state index is 12.7. The minimum absolute atomic E-state index is 0.0256. The Morgan fingerprint density at radius 2 is 1.70 bits per heavy atom. The average molecular weight is 436 g/mol. The summed E-state index contributed by atoms with van der Waals surface area (Å²) in [7, 11) is 4.61. The summed E-state index contributed by atoms with van der Waals surface area (Å²) in [4.78, 5) is 14.8. The van der Waals surface area contributed by atoms with Crippen molar-refractivity contribution in [3.05, 3.63) is 53.6 Å². The molecule has 0 bridgehead atoms. The van der Waals surface area contributed by atoms with Crippen LogP contribution in [0.25, 0.3) is 0 Å². The number of carbonyl (C=O) groups is 1. The van der Waals surface area contributed by atoms with E-state index < -0.39 is 15.9 Å². The van der Waals surface area contributed by atoms with Crippen LogP contribution in [0, 0.1) is 0 Å². The van der Waals surface area contributed by atoms with E-state index in [1.54, 1.807) is 0 Å². The third kappa shape index (κ3) is 6.19. The number of carbonyl (C=O) groups excluding carboxylic acids is 1. The lowest BCUT2D eigenvalue weighted by atomic mass is 10.1. The number of hydrogen-bond donors (Lipinski definition) is 1. The van der Waals surface area contributed by atoms with Crippen LogP contribution in [0.15, 0.2) is 47.4 Å². The fraction of sp³-hybridized carbons (Fsp3) is 0.381. The van der Waals surface area contributed by atoms with Gasteiger partial charge >= 0.3 is 0 Å². The van der Waals surface area contributed by atoms with Crippen LogP contribution in [0.1, 0.15) is 15.9 Å². The molecule has 2 rings (SSSR count). The molecule has 164 valence electrons. The summed E-state index contributed by atoms with van der Waals surface area (Å²) >= 11 is 0. The minimum atomic E-state index is -3.66. The molecule has 0 fully saturated rings. The molecule has 0 spiro atoms. The second-order valence-corrected chi connectivity index (χ2v) is 9.28. The lowest BCUT2D eigenvalue weighted by Crippen LogP contribution is -2.25. The third-order valence-electron chi connectivity index (χ3n) is 4.38. The average Bonchev–Trinajstić information content (AvgIpc) is 2.72. The second-order valence-electron chi connectivity index (χ2n) is 7.13. The molecule has 0 aliphatic carbocycles. The van der Waals surface area contributed by atoms with E-state index >= 15 is 0 Å². The Bertz CT molecular complexity index is 957. The quantitative estimate of drug-likeness (QED) is 0.613. The highest BCUT2D eigenvalue weighted by Gasteiger charge is 2.21. The van der Waals surface area contributed by atoms with Gasteiger partial charge in [-0.05, 0) is 50.0 Å². The van der Waals surface area contributed by atoms with Gasteiger partial charge in [-0.3, -0.25) is 4.79 Å². The van der Waals surface area contributed by atoms with Gasteiger partial charge in [-0.1, -0.05) is 12.1 Å². The van der Waals surface area contributed by atoms with Crippen molar-refractivity contribution in [2.75, 3.05) is 48.5 Å². The molecule has 0 saturated heterocycles. The molecule has 0 saturated carbocycles. The van der Waals surface area contributed by atoms with E-state index in [4.69, 9.17) is 9.47 Å². The monoisotopic (exact) mass is 435 g/mol. The van der Waals surface area contributed by atoms with Crippen molar-refractivity contribution < 1.29 is 22.7 Å². The van der Waals surface area contributed by atoms with Gasteiger partial charge < -0.3 is 19.7 Å². The summed E-state index contributed by atoms with van der Waals surface area (Å²) in [6, 6.07) is 11.7. The van der Waals surface area contributed by atoms with Gasteiger partial charge in [0.15, 0.2) is 0 Å². The summed E-state index contributed by atoms with van der Waals surface area (Å²) in [5.74, 6) is 0.638. The summed E-state index contributed by atoms with van der Waals surface area (Å²) in [5, 5.41) is 2.80.